The minimum absolute atomic E-state index is 0.00879. The van der Waals surface area contributed by atoms with E-state index < -0.39 is 4.92 Å². The Morgan fingerprint density at radius 3 is 2.75 bits per heavy atom. The second-order valence-corrected chi connectivity index (χ2v) is 4.14. The highest BCUT2D eigenvalue weighted by Crippen LogP contribution is 2.20. The molecule has 2 rings (SSSR count). The van der Waals surface area contributed by atoms with E-state index in [1.807, 2.05) is 11.6 Å². The second kappa shape index (κ2) is 5.95. The van der Waals surface area contributed by atoms with Gasteiger partial charge in [0.2, 0.25) is 0 Å². The first-order valence-corrected chi connectivity index (χ1v) is 6.01. The fourth-order valence-electron chi connectivity index (χ4n) is 1.68. The van der Waals surface area contributed by atoms with Crippen molar-refractivity contribution in [3.8, 4) is 0 Å². The summed E-state index contributed by atoms with van der Waals surface area (Å²) in [5, 5.41) is 24.4. The van der Waals surface area contributed by atoms with Gasteiger partial charge in [-0.3, -0.25) is 10.1 Å². The van der Waals surface area contributed by atoms with Crippen molar-refractivity contribution in [2.75, 3.05) is 24.2 Å². The molecule has 2 aromatic heterocycles. The van der Waals surface area contributed by atoms with E-state index in [0.717, 1.165) is 5.82 Å². The molecule has 0 aliphatic carbocycles. The highest BCUT2D eigenvalue weighted by Gasteiger charge is 2.10. The number of hydrogen-bond acceptors (Lipinski definition) is 7. The van der Waals surface area contributed by atoms with E-state index in [-0.39, 0.29) is 5.69 Å². The zero-order valence-electron chi connectivity index (χ0n) is 11.2. The van der Waals surface area contributed by atoms with Gasteiger partial charge in [-0.25, -0.2) is 4.98 Å². The standard InChI is InChI=1S/C11H15N7O2/c1-12-9-5-8(18(19)20)6-10(15-9)13-4-3-11-16-14-7-17(11)2/h5-7H,3-4H2,1-2H3,(H2,12,13,15). The number of aryl methyl sites for hydroxylation is 1. The highest BCUT2D eigenvalue weighted by molar-refractivity contribution is 5.54. The number of rotatable bonds is 6. The number of aromatic nitrogens is 4. The molecule has 0 aliphatic heterocycles. The van der Waals surface area contributed by atoms with Gasteiger partial charge in [0.05, 0.1) is 17.1 Å². The summed E-state index contributed by atoms with van der Waals surface area (Å²) in [6, 6.07) is 2.78. The van der Waals surface area contributed by atoms with Gasteiger partial charge in [-0.05, 0) is 0 Å². The second-order valence-electron chi connectivity index (χ2n) is 4.14. The van der Waals surface area contributed by atoms with E-state index in [2.05, 4.69) is 25.8 Å². The highest BCUT2D eigenvalue weighted by atomic mass is 16.6. The molecule has 0 saturated carbocycles. The molecule has 0 radical (unpaired) electrons. The largest absolute Gasteiger partial charge is 0.373 e. The summed E-state index contributed by atoms with van der Waals surface area (Å²) in [5.74, 6) is 1.72. The average Bonchev–Trinajstić information content (AvgIpc) is 2.84. The van der Waals surface area contributed by atoms with Gasteiger partial charge in [-0.1, -0.05) is 0 Å². The van der Waals surface area contributed by atoms with Crippen molar-refractivity contribution >= 4 is 17.3 Å². The SMILES string of the molecule is CNc1cc([N+](=O)[O-])cc(NCCc2nncn2C)n1. The maximum absolute atomic E-state index is 10.8. The van der Waals surface area contributed by atoms with Crippen molar-refractivity contribution in [3.05, 3.63) is 34.4 Å². The van der Waals surface area contributed by atoms with Crippen LogP contribution < -0.4 is 10.6 Å². The quantitative estimate of drug-likeness (QED) is 0.593. The summed E-state index contributed by atoms with van der Waals surface area (Å²) < 4.78 is 1.82. The maximum Gasteiger partial charge on any atom is 0.276 e. The Morgan fingerprint density at radius 1 is 1.40 bits per heavy atom. The zero-order chi connectivity index (χ0) is 14.5. The molecular formula is C11H15N7O2. The third kappa shape index (κ3) is 3.19. The van der Waals surface area contributed by atoms with Crippen LogP contribution in [0, 0.1) is 10.1 Å². The molecule has 2 aromatic rings. The van der Waals surface area contributed by atoms with Crippen LogP contribution in [-0.2, 0) is 13.5 Å². The van der Waals surface area contributed by atoms with Gasteiger partial charge < -0.3 is 15.2 Å². The van der Waals surface area contributed by atoms with Crippen molar-refractivity contribution in [2.45, 2.75) is 6.42 Å². The third-order valence-corrected chi connectivity index (χ3v) is 2.74. The lowest BCUT2D eigenvalue weighted by molar-refractivity contribution is -0.384. The van der Waals surface area contributed by atoms with Gasteiger partial charge in [-0.15, -0.1) is 10.2 Å². The molecule has 20 heavy (non-hydrogen) atoms. The molecule has 9 heteroatoms. The summed E-state index contributed by atoms with van der Waals surface area (Å²) in [4.78, 5) is 14.6. The van der Waals surface area contributed by atoms with E-state index in [4.69, 9.17) is 0 Å². The molecule has 106 valence electrons. The van der Waals surface area contributed by atoms with Crippen LogP contribution in [0.3, 0.4) is 0 Å². The molecular weight excluding hydrogens is 262 g/mol. The molecule has 0 amide bonds. The van der Waals surface area contributed by atoms with Gasteiger partial charge in [-0.2, -0.15) is 0 Å². The van der Waals surface area contributed by atoms with Gasteiger partial charge in [0.25, 0.3) is 5.69 Å². The minimum atomic E-state index is -0.448. The molecule has 0 atom stereocenters. The van der Waals surface area contributed by atoms with Crippen molar-refractivity contribution in [3.63, 3.8) is 0 Å². The Hall–Kier alpha value is -2.71. The lowest BCUT2D eigenvalue weighted by Gasteiger charge is -2.07. The Balaban J connectivity index is 2.03. The fourth-order valence-corrected chi connectivity index (χ4v) is 1.68. The third-order valence-electron chi connectivity index (χ3n) is 2.74. The molecule has 0 saturated heterocycles. The summed E-state index contributed by atoms with van der Waals surface area (Å²) in [7, 11) is 3.52. The number of nitrogens with zero attached hydrogens (tertiary/aromatic N) is 5. The van der Waals surface area contributed by atoms with Crippen LogP contribution >= 0.6 is 0 Å². The molecule has 0 spiro atoms. The predicted octanol–water partition coefficient (Wildman–Crippen LogP) is 0.815. The monoisotopic (exact) mass is 277 g/mol. The molecule has 2 N–H and O–H groups in total. The van der Waals surface area contributed by atoms with E-state index in [1.54, 1.807) is 13.4 Å². The zero-order valence-corrected chi connectivity index (χ0v) is 11.2. The van der Waals surface area contributed by atoms with Crippen LogP contribution in [0.15, 0.2) is 18.5 Å². The van der Waals surface area contributed by atoms with Gasteiger partial charge in [0.15, 0.2) is 0 Å². The van der Waals surface area contributed by atoms with Gasteiger partial charge >= 0.3 is 0 Å². The number of pyridine rings is 1. The fraction of sp³-hybridized carbons (Fsp3) is 0.364. The Kier molecular flexibility index (Phi) is 4.08. The Bertz CT molecular complexity index is 611. The first-order chi connectivity index (χ1) is 9.60. The molecule has 0 bridgehead atoms. The molecule has 9 nitrogen and oxygen atoms in total. The summed E-state index contributed by atoms with van der Waals surface area (Å²) >= 11 is 0. The summed E-state index contributed by atoms with van der Waals surface area (Å²) in [6.07, 6.45) is 2.27. The smallest absolute Gasteiger partial charge is 0.276 e. The van der Waals surface area contributed by atoms with Crippen molar-refractivity contribution in [1.82, 2.24) is 19.7 Å². The van der Waals surface area contributed by atoms with Crippen LogP contribution in [0.2, 0.25) is 0 Å². The van der Waals surface area contributed by atoms with E-state index in [1.165, 1.54) is 12.1 Å². The van der Waals surface area contributed by atoms with E-state index >= 15 is 0 Å². The maximum atomic E-state index is 10.8. The van der Waals surface area contributed by atoms with E-state index in [9.17, 15) is 10.1 Å². The first kappa shape index (κ1) is 13.7. The summed E-state index contributed by atoms with van der Waals surface area (Å²) in [5.41, 5.74) is -0.00879. The van der Waals surface area contributed by atoms with Crippen LogP contribution in [-0.4, -0.2) is 38.3 Å². The average molecular weight is 277 g/mol. The molecule has 2 heterocycles. The predicted molar refractivity (Wildman–Crippen MR) is 73.6 cm³/mol. The number of nitro groups is 1. The van der Waals surface area contributed by atoms with Gasteiger partial charge in [0.1, 0.15) is 23.8 Å². The number of anilines is 2. The minimum Gasteiger partial charge on any atom is -0.373 e. The van der Waals surface area contributed by atoms with Crippen LogP contribution in [0.5, 0.6) is 0 Å². The molecule has 0 fully saturated rings. The normalized spacial score (nSPS) is 10.3. The lowest BCUT2D eigenvalue weighted by Crippen LogP contribution is -2.10. The summed E-state index contributed by atoms with van der Waals surface area (Å²) in [6.45, 7) is 0.559. The van der Waals surface area contributed by atoms with Crippen LogP contribution in [0.25, 0.3) is 0 Å². The van der Waals surface area contributed by atoms with Crippen molar-refractivity contribution < 1.29 is 4.92 Å². The van der Waals surface area contributed by atoms with Gasteiger partial charge in [0, 0.05) is 27.1 Å². The van der Waals surface area contributed by atoms with Crippen LogP contribution in [0.4, 0.5) is 17.3 Å². The first-order valence-electron chi connectivity index (χ1n) is 6.01. The topological polar surface area (TPSA) is 111 Å². The van der Waals surface area contributed by atoms with Crippen molar-refractivity contribution in [2.24, 2.45) is 7.05 Å². The molecule has 0 aliphatic rings. The molecule has 0 unspecified atom stereocenters. The molecule has 0 aromatic carbocycles. The van der Waals surface area contributed by atoms with E-state index in [0.29, 0.717) is 24.6 Å². The lowest BCUT2D eigenvalue weighted by atomic mass is 10.3. The van der Waals surface area contributed by atoms with Crippen LogP contribution in [0.1, 0.15) is 5.82 Å². The Labute approximate surface area is 115 Å². The number of hydrogen-bond donors (Lipinski definition) is 2. The Morgan fingerprint density at radius 2 is 2.15 bits per heavy atom. The number of nitrogens with one attached hydrogen (secondary N) is 2. The van der Waals surface area contributed by atoms with Crippen molar-refractivity contribution in [1.29, 1.82) is 0 Å².